The fourth-order valence-corrected chi connectivity index (χ4v) is 2.80. The van der Waals surface area contributed by atoms with Gasteiger partial charge in [-0.3, -0.25) is 0 Å². The highest BCUT2D eigenvalue weighted by Gasteiger charge is 2.30. The van der Waals surface area contributed by atoms with Gasteiger partial charge >= 0.3 is 0 Å². The maximum absolute atomic E-state index is 5.62. The van der Waals surface area contributed by atoms with Gasteiger partial charge in [0.15, 0.2) is 0 Å². The maximum atomic E-state index is 5.62. The van der Waals surface area contributed by atoms with E-state index in [1.165, 1.54) is 5.56 Å². The van der Waals surface area contributed by atoms with Crippen LogP contribution >= 0.6 is 0 Å². The van der Waals surface area contributed by atoms with E-state index < -0.39 is 0 Å². The molecule has 19 heavy (non-hydrogen) atoms. The quantitative estimate of drug-likeness (QED) is 0.886. The van der Waals surface area contributed by atoms with Crippen LogP contribution < -0.4 is 10.1 Å². The summed E-state index contributed by atoms with van der Waals surface area (Å²) in [5.41, 5.74) is 1.27. The van der Waals surface area contributed by atoms with Gasteiger partial charge in [-0.2, -0.15) is 0 Å². The molecule has 0 radical (unpaired) electrons. The summed E-state index contributed by atoms with van der Waals surface area (Å²) >= 11 is 0. The summed E-state index contributed by atoms with van der Waals surface area (Å²) in [5.74, 6) is 0.966. The van der Waals surface area contributed by atoms with E-state index >= 15 is 0 Å². The molecule has 0 spiro atoms. The van der Waals surface area contributed by atoms with Crippen LogP contribution in [0.1, 0.15) is 32.8 Å². The standard InChI is InChI=1S/C16H25NO2/c1-12-14(9-10-19-12)17-16(2,3)11-13-7-5-6-8-15(13)18-4/h5-8,12,14,17H,9-11H2,1-4H3/t12-,14-/m0/s1. The Morgan fingerprint density at radius 2 is 2.11 bits per heavy atom. The van der Waals surface area contributed by atoms with Crippen molar-refractivity contribution in [3.8, 4) is 5.75 Å². The van der Waals surface area contributed by atoms with Gasteiger partial charge in [0, 0.05) is 18.2 Å². The highest BCUT2D eigenvalue weighted by atomic mass is 16.5. The molecule has 3 heteroatoms. The van der Waals surface area contributed by atoms with Gasteiger partial charge in [0.25, 0.3) is 0 Å². The summed E-state index contributed by atoms with van der Waals surface area (Å²) in [6.07, 6.45) is 2.34. The van der Waals surface area contributed by atoms with Crippen molar-refractivity contribution in [1.82, 2.24) is 5.32 Å². The molecule has 1 aromatic carbocycles. The lowest BCUT2D eigenvalue weighted by Crippen LogP contribution is -2.49. The number of rotatable bonds is 5. The smallest absolute Gasteiger partial charge is 0.122 e. The molecule has 0 aliphatic carbocycles. The Hall–Kier alpha value is -1.06. The van der Waals surface area contributed by atoms with Gasteiger partial charge in [-0.1, -0.05) is 18.2 Å². The minimum absolute atomic E-state index is 0.0290. The van der Waals surface area contributed by atoms with Crippen LogP contribution in [0.15, 0.2) is 24.3 Å². The van der Waals surface area contributed by atoms with Crippen LogP contribution in [0.2, 0.25) is 0 Å². The molecule has 2 atom stereocenters. The zero-order valence-corrected chi connectivity index (χ0v) is 12.4. The monoisotopic (exact) mass is 263 g/mol. The van der Waals surface area contributed by atoms with Crippen LogP contribution in [0.3, 0.4) is 0 Å². The van der Waals surface area contributed by atoms with E-state index in [2.05, 4.69) is 38.2 Å². The van der Waals surface area contributed by atoms with Crippen molar-refractivity contribution < 1.29 is 9.47 Å². The fraction of sp³-hybridized carbons (Fsp3) is 0.625. The molecule has 1 saturated heterocycles. The molecule has 1 aliphatic rings. The van der Waals surface area contributed by atoms with Crippen molar-refractivity contribution in [3.63, 3.8) is 0 Å². The number of methoxy groups -OCH3 is 1. The molecule has 1 aliphatic heterocycles. The first-order chi connectivity index (χ1) is 9.02. The second-order valence-corrected chi connectivity index (χ2v) is 5.99. The summed E-state index contributed by atoms with van der Waals surface area (Å²) in [7, 11) is 1.73. The van der Waals surface area contributed by atoms with Gasteiger partial charge in [-0.25, -0.2) is 0 Å². The summed E-state index contributed by atoms with van der Waals surface area (Å²) in [6.45, 7) is 7.49. The minimum Gasteiger partial charge on any atom is -0.496 e. The van der Waals surface area contributed by atoms with Crippen LogP contribution in [0.25, 0.3) is 0 Å². The lowest BCUT2D eigenvalue weighted by Gasteiger charge is -2.32. The van der Waals surface area contributed by atoms with Crippen molar-refractivity contribution in [2.75, 3.05) is 13.7 Å². The second-order valence-electron chi connectivity index (χ2n) is 5.99. The van der Waals surface area contributed by atoms with Gasteiger partial charge in [0.2, 0.25) is 0 Å². The van der Waals surface area contributed by atoms with Crippen molar-refractivity contribution in [2.45, 2.75) is 51.3 Å². The Balaban J connectivity index is 2.03. The molecule has 0 amide bonds. The van der Waals surface area contributed by atoms with Gasteiger partial charge < -0.3 is 14.8 Å². The van der Waals surface area contributed by atoms with E-state index in [-0.39, 0.29) is 5.54 Å². The molecule has 1 fully saturated rings. The van der Waals surface area contributed by atoms with Crippen molar-refractivity contribution in [2.24, 2.45) is 0 Å². The van der Waals surface area contributed by atoms with Gasteiger partial charge in [0.05, 0.1) is 13.2 Å². The van der Waals surface area contributed by atoms with E-state index in [4.69, 9.17) is 9.47 Å². The highest BCUT2D eigenvalue weighted by molar-refractivity contribution is 5.34. The van der Waals surface area contributed by atoms with E-state index in [9.17, 15) is 0 Å². The van der Waals surface area contributed by atoms with Gasteiger partial charge in [-0.05, 0) is 45.2 Å². The number of benzene rings is 1. The molecule has 0 unspecified atom stereocenters. The molecule has 1 heterocycles. The topological polar surface area (TPSA) is 30.5 Å². The van der Waals surface area contributed by atoms with Crippen LogP contribution in [-0.4, -0.2) is 31.4 Å². The zero-order valence-electron chi connectivity index (χ0n) is 12.4. The average molecular weight is 263 g/mol. The molecule has 0 bridgehead atoms. The van der Waals surface area contributed by atoms with Crippen molar-refractivity contribution in [3.05, 3.63) is 29.8 Å². The predicted octanol–water partition coefficient (Wildman–Crippen LogP) is 2.78. The Morgan fingerprint density at radius 3 is 2.74 bits per heavy atom. The van der Waals surface area contributed by atoms with Crippen molar-refractivity contribution >= 4 is 0 Å². The third kappa shape index (κ3) is 3.71. The molecule has 3 nitrogen and oxygen atoms in total. The summed E-state index contributed by atoms with van der Waals surface area (Å²) in [5, 5.41) is 3.72. The minimum atomic E-state index is 0.0290. The first-order valence-corrected chi connectivity index (χ1v) is 7.03. The Morgan fingerprint density at radius 1 is 1.37 bits per heavy atom. The molecular weight excluding hydrogens is 238 g/mol. The second kappa shape index (κ2) is 5.93. The Labute approximate surface area is 116 Å². The van der Waals surface area contributed by atoms with E-state index in [1.807, 2.05) is 12.1 Å². The van der Waals surface area contributed by atoms with Crippen LogP contribution in [-0.2, 0) is 11.2 Å². The first kappa shape index (κ1) is 14.4. The number of ether oxygens (including phenoxy) is 2. The highest BCUT2D eigenvalue weighted by Crippen LogP contribution is 2.24. The van der Waals surface area contributed by atoms with Crippen LogP contribution in [0, 0.1) is 0 Å². The lowest BCUT2D eigenvalue weighted by molar-refractivity contribution is 0.106. The number of para-hydroxylation sites is 1. The summed E-state index contributed by atoms with van der Waals surface area (Å²) in [6, 6.07) is 8.68. The van der Waals surface area contributed by atoms with E-state index in [1.54, 1.807) is 7.11 Å². The van der Waals surface area contributed by atoms with Gasteiger partial charge in [0.1, 0.15) is 5.75 Å². The van der Waals surface area contributed by atoms with Gasteiger partial charge in [-0.15, -0.1) is 0 Å². The third-order valence-electron chi connectivity index (χ3n) is 3.78. The number of nitrogens with one attached hydrogen (secondary N) is 1. The third-order valence-corrected chi connectivity index (χ3v) is 3.78. The molecule has 1 aromatic rings. The Bertz CT molecular complexity index is 417. The molecule has 0 aromatic heterocycles. The first-order valence-electron chi connectivity index (χ1n) is 7.03. The SMILES string of the molecule is COc1ccccc1CC(C)(C)N[C@H]1CCO[C@H]1C. The molecule has 2 rings (SSSR count). The lowest BCUT2D eigenvalue weighted by atomic mass is 9.92. The fourth-order valence-electron chi connectivity index (χ4n) is 2.80. The van der Waals surface area contributed by atoms with E-state index in [0.717, 1.165) is 25.2 Å². The number of hydrogen-bond acceptors (Lipinski definition) is 3. The van der Waals surface area contributed by atoms with Crippen LogP contribution in [0.4, 0.5) is 0 Å². The Kier molecular flexibility index (Phi) is 4.48. The van der Waals surface area contributed by atoms with Crippen molar-refractivity contribution in [1.29, 1.82) is 0 Å². The summed E-state index contributed by atoms with van der Waals surface area (Å²) < 4.78 is 11.0. The summed E-state index contributed by atoms with van der Waals surface area (Å²) in [4.78, 5) is 0. The largest absolute Gasteiger partial charge is 0.496 e. The number of hydrogen-bond donors (Lipinski definition) is 1. The normalized spacial score (nSPS) is 23.6. The molecule has 1 N–H and O–H groups in total. The van der Waals surface area contributed by atoms with Crippen LogP contribution in [0.5, 0.6) is 5.75 Å². The van der Waals surface area contributed by atoms with E-state index in [0.29, 0.717) is 12.1 Å². The maximum Gasteiger partial charge on any atom is 0.122 e. The zero-order chi connectivity index (χ0) is 13.9. The molecule has 106 valence electrons. The molecular formula is C16H25NO2. The predicted molar refractivity (Wildman–Crippen MR) is 77.7 cm³/mol. The molecule has 0 saturated carbocycles. The average Bonchev–Trinajstić information content (AvgIpc) is 2.74.